The molecule has 0 bridgehead atoms. The van der Waals surface area contributed by atoms with Crippen LogP contribution in [0.15, 0.2) is 29.2 Å². The number of carbonyl (C=O) groups is 1. The van der Waals surface area contributed by atoms with Crippen molar-refractivity contribution >= 4 is 15.9 Å². The van der Waals surface area contributed by atoms with E-state index < -0.39 is 10.0 Å². The van der Waals surface area contributed by atoms with E-state index in [2.05, 4.69) is 5.32 Å². The minimum absolute atomic E-state index is 0.0306. The first-order valence-electron chi connectivity index (χ1n) is 5.02. The van der Waals surface area contributed by atoms with Gasteiger partial charge in [0.2, 0.25) is 15.9 Å². The first kappa shape index (κ1) is 13.6. The van der Waals surface area contributed by atoms with Gasteiger partial charge in [0.15, 0.2) is 0 Å². The zero-order valence-electron chi connectivity index (χ0n) is 9.22. The van der Waals surface area contributed by atoms with E-state index in [4.69, 9.17) is 10.9 Å². The number of sulfonamides is 1. The summed E-state index contributed by atoms with van der Waals surface area (Å²) in [7, 11) is -3.71. The molecule has 0 heterocycles. The van der Waals surface area contributed by atoms with E-state index in [1.807, 2.05) is 0 Å². The number of hydrogen-bond acceptors (Lipinski definition) is 4. The Kier molecular flexibility index (Phi) is 4.62. The molecular formula is C10H15N3O3S. The highest BCUT2D eigenvalue weighted by atomic mass is 32.2. The number of benzene rings is 1. The lowest BCUT2D eigenvalue weighted by Crippen LogP contribution is -2.25. The van der Waals surface area contributed by atoms with Crippen molar-refractivity contribution in [3.8, 4) is 0 Å². The van der Waals surface area contributed by atoms with E-state index in [1.54, 1.807) is 12.1 Å². The molecule has 0 saturated carbocycles. The lowest BCUT2D eigenvalue weighted by Gasteiger charge is -2.05. The number of hydrogen-bond donors (Lipinski definition) is 3. The lowest BCUT2D eigenvalue weighted by atomic mass is 10.2. The van der Waals surface area contributed by atoms with Crippen LogP contribution in [0.2, 0.25) is 0 Å². The Morgan fingerprint density at radius 3 is 2.65 bits per heavy atom. The molecule has 17 heavy (non-hydrogen) atoms. The Hall–Kier alpha value is -1.44. The van der Waals surface area contributed by atoms with E-state index >= 15 is 0 Å². The monoisotopic (exact) mass is 257 g/mol. The van der Waals surface area contributed by atoms with E-state index in [1.165, 1.54) is 12.1 Å². The Morgan fingerprint density at radius 2 is 2.06 bits per heavy atom. The van der Waals surface area contributed by atoms with Gasteiger partial charge >= 0.3 is 0 Å². The maximum atomic E-state index is 11.2. The molecule has 1 aromatic carbocycles. The van der Waals surface area contributed by atoms with Crippen LogP contribution in [0, 0.1) is 0 Å². The predicted octanol–water partition coefficient (Wildman–Crippen LogP) is -0.701. The highest BCUT2D eigenvalue weighted by Gasteiger charge is 2.08. The Labute approximate surface area is 100 Å². The molecule has 7 heteroatoms. The minimum Gasteiger partial charge on any atom is -0.352 e. The Bertz CT molecular complexity index is 499. The summed E-state index contributed by atoms with van der Waals surface area (Å²) in [4.78, 5) is 11.2. The first-order valence-corrected chi connectivity index (χ1v) is 6.56. The second-order valence-corrected chi connectivity index (χ2v) is 5.07. The number of carbonyl (C=O) groups excluding carboxylic acids is 1. The van der Waals surface area contributed by atoms with Gasteiger partial charge in [0.25, 0.3) is 0 Å². The molecule has 5 N–H and O–H groups in total. The van der Waals surface area contributed by atoms with Crippen LogP contribution in [-0.2, 0) is 21.4 Å². The SMILES string of the molecule is NCCC(=O)NCc1cccc(S(N)(=O)=O)c1. The van der Waals surface area contributed by atoms with Crippen molar-refractivity contribution in [1.29, 1.82) is 0 Å². The van der Waals surface area contributed by atoms with Gasteiger partial charge in [0.05, 0.1) is 4.90 Å². The zero-order chi connectivity index (χ0) is 12.9. The Morgan fingerprint density at radius 1 is 1.35 bits per heavy atom. The molecule has 0 aliphatic rings. The van der Waals surface area contributed by atoms with Crippen LogP contribution in [0.4, 0.5) is 0 Å². The second kappa shape index (κ2) is 5.76. The molecule has 1 aromatic rings. The zero-order valence-corrected chi connectivity index (χ0v) is 10.0. The smallest absolute Gasteiger partial charge is 0.238 e. The van der Waals surface area contributed by atoms with Gasteiger partial charge in [-0.05, 0) is 17.7 Å². The van der Waals surface area contributed by atoms with Crippen LogP contribution in [0.25, 0.3) is 0 Å². The molecule has 0 fully saturated rings. The normalized spacial score (nSPS) is 11.2. The van der Waals surface area contributed by atoms with Crippen molar-refractivity contribution in [2.75, 3.05) is 6.54 Å². The summed E-state index contributed by atoms with van der Waals surface area (Å²) in [6.07, 6.45) is 0.245. The predicted molar refractivity (Wildman–Crippen MR) is 63.3 cm³/mol. The summed E-state index contributed by atoms with van der Waals surface area (Å²) >= 11 is 0. The number of nitrogens with one attached hydrogen (secondary N) is 1. The maximum Gasteiger partial charge on any atom is 0.238 e. The summed E-state index contributed by atoms with van der Waals surface area (Å²) in [6.45, 7) is 0.533. The summed E-state index contributed by atoms with van der Waals surface area (Å²) < 4.78 is 22.2. The lowest BCUT2D eigenvalue weighted by molar-refractivity contribution is -0.121. The summed E-state index contributed by atoms with van der Waals surface area (Å²) in [5.74, 6) is -0.173. The van der Waals surface area contributed by atoms with Gasteiger partial charge in [-0.2, -0.15) is 0 Å². The summed E-state index contributed by atoms with van der Waals surface area (Å²) in [6, 6.07) is 6.11. The van der Waals surface area contributed by atoms with Crippen LogP contribution in [0.1, 0.15) is 12.0 Å². The first-order chi connectivity index (χ1) is 7.93. The molecule has 0 aromatic heterocycles. The van der Waals surface area contributed by atoms with Crippen molar-refractivity contribution in [1.82, 2.24) is 5.32 Å². The van der Waals surface area contributed by atoms with Gasteiger partial charge in [0.1, 0.15) is 0 Å². The van der Waals surface area contributed by atoms with Crippen LogP contribution in [0.5, 0.6) is 0 Å². The molecule has 6 nitrogen and oxygen atoms in total. The summed E-state index contributed by atoms with van der Waals surface area (Å²) in [5, 5.41) is 7.62. The van der Waals surface area contributed by atoms with Gasteiger partial charge in [-0.15, -0.1) is 0 Å². The number of primary sulfonamides is 1. The molecule has 0 saturated heterocycles. The van der Waals surface area contributed by atoms with Crippen molar-refractivity contribution in [2.24, 2.45) is 10.9 Å². The van der Waals surface area contributed by atoms with Crippen molar-refractivity contribution in [3.05, 3.63) is 29.8 Å². The second-order valence-electron chi connectivity index (χ2n) is 3.51. The third-order valence-corrected chi connectivity index (χ3v) is 3.00. The molecule has 1 amide bonds. The molecule has 0 radical (unpaired) electrons. The van der Waals surface area contributed by atoms with Crippen LogP contribution in [-0.4, -0.2) is 20.9 Å². The van der Waals surface area contributed by atoms with Gasteiger partial charge < -0.3 is 11.1 Å². The molecule has 0 atom stereocenters. The van der Waals surface area contributed by atoms with Crippen molar-refractivity contribution in [2.45, 2.75) is 17.9 Å². The summed E-state index contributed by atoms with van der Waals surface area (Å²) in [5.41, 5.74) is 5.89. The van der Waals surface area contributed by atoms with Crippen LogP contribution >= 0.6 is 0 Å². The van der Waals surface area contributed by atoms with Gasteiger partial charge in [0, 0.05) is 19.5 Å². The van der Waals surface area contributed by atoms with Crippen molar-refractivity contribution in [3.63, 3.8) is 0 Å². The highest BCUT2D eigenvalue weighted by Crippen LogP contribution is 2.09. The number of rotatable bonds is 5. The van der Waals surface area contributed by atoms with Gasteiger partial charge in [-0.25, -0.2) is 13.6 Å². The van der Waals surface area contributed by atoms with E-state index in [0.29, 0.717) is 5.56 Å². The van der Waals surface area contributed by atoms with Crippen molar-refractivity contribution < 1.29 is 13.2 Å². The van der Waals surface area contributed by atoms with E-state index in [0.717, 1.165) is 0 Å². The van der Waals surface area contributed by atoms with Crippen LogP contribution in [0.3, 0.4) is 0 Å². The fourth-order valence-corrected chi connectivity index (χ4v) is 1.84. The molecule has 0 spiro atoms. The standard InChI is InChI=1S/C10H15N3O3S/c11-5-4-10(14)13-7-8-2-1-3-9(6-8)17(12,15)16/h1-3,6H,4-5,7,11H2,(H,13,14)(H2,12,15,16). The average molecular weight is 257 g/mol. The quantitative estimate of drug-likeness (QED) is 0.646. The van der Waals surface area contributed by atoms with Gasteiger partial charge in [-0.3, -0.25) is 4.79 Å². The van der Waals surface area contributed by atoms with Crippen LogP contribution < -0.4 is 16.2 Å². The highest BCUT2D eigenvalue weighted by molar-refractivity contribution is 7.89. The number of amides is 1. The minimum atomic E-state index is -3.71. The average Bonchev–Trinajstić information content (AvgIpc) is 2.26. The molecule has 0 unspecified atom stereocenters. The molecule has 1 rings (SSSR count). The largest absolute Gasteiger partial charge is 0.352 e. The van der Waals surface area contributed by atoms with E-state index in [-0.39, 0.29) is 30.3 Å². The topological polar surface area (TPSA) is 115 Å². The molecule has 0 aliphatic heterocycles. The maximum absolute atomic E-state index is 11.2. The molecule has 0 aliphatic carbocycles. The van der Waals surface area contributed by atoms with Gasteiger partial charge in [-0.1, -0.05) is 12.1 Å². The number of nitrogens with two attached hydrogens (primary N) is 2. The molecular weight excluding hydrogens is 242 g/mol. The Balaban J connectivity index is 2.70. The van der Waals surface area contributed by atoms with E-state index in [9.17, 15) is 13.2 Å². The third-order valence-electron chi connectivity index (χ3n) is 2.09. The third kappa shape index (κ3) is 4.51. The molecule has 94 valence electrons. The fraction of sp³-hybridized carbons (Fsp3) is 0.300. The fourth-order valence-electron chi connectivity index (χ4n) is 1.25.